The fourth-order valence-corrected chi connectivity index (χ4v) is 2.52. The van der Waals surface area contributed by atoms with E-state index in [1.807, 2.05) is 0 Å². The Hall–Kier alpha value is 1.80. The van der Waals surface area contributed by atoms with E-state index in [1.165, 1.54) is 11.1 Å². The average molecular weight is 469 g/mol. The van der Waals surface area contributed by atoms with Crippen LogP contribution in [0.25, 0.3) is 0 Å². The van der Waals surface area contributed by atoms with Gasteiger partial charge in [-0.15, -0.1) is 50.9 Å². The Morgan fingerprint density at radius 1 is 0.857 bits per heavy atom. The molecular formula is C10H18Br3Zr. The van der Waals surface area contributed by atoms with Gasteiger partial charge in [0.15, 0.2) is 0 Å². The Balaban J connectivity index is -0.000000403. The van der Waals surface area contributed by atoms with Crippen LogP contribution in [0.15, 0.2) is 20.0 Å². The molecule has 0 aromatic carbocycles. The summed E-state index contributed by atoms with van der Waals surface area (Å²) in [5.74, 6) is 0. The third-order valence-electron chi connectivity index (χ3n) is 3.06. The molecule has 4 heteroatoms. The maximum atomic E-state index is 2.33. The van der Waals surface area contributed by atoms with Crippen molar-refractivity contribution in [3.63, 3.8) is 0 Å². The summed E-state index contributed by atoms with van der Waals surface area (Å²) in [6.07, 6.45) is 0. The second kappa shape index (κ2) is 7.19. The van der Waals surface area contributed by atoms with Gasteiger partial charge < -0.3 is 0 Å². The molecule has 0 nitrogen and oxygen atoms in total. The zero-order valence-corrected chi connectivity index (χ0v) is 16.8. The molecule has 83 valence electrons. The Labute approximate surface area is 134 Å². The number of hydrogen-bond donors (Lipinski definition) is 0. The molecule has 0 bridgehead atoms. The molecule has 0 aromatic rings. The molecule has 0 unspecified atom stereocenters. The number of rotatable bonds is 0. The van der Waals surface area contributed by atoms with E-state index < -0.39 is 0 Å². The van der Waals surface area contributed by atoms with Gasteiger partial charge in [-0.1, -0.05) is 0 Å². The van der Waals surface area contributed by atoms with Gasteiger partial charge in [-0.2, -0.15) is 0 Å². The topological polar surface area (TPSA) is 0 Å². The van der Waals surface area contributed by atoms with Crippen molar-refractivity contribution in [2.45, 2.75) is 34.6 Å². The predicted molar refractivity (Wildman–Crippen MR) is 75.8 cm³/mol. The molecule has 0 heterocycles. The van der Waals surface area contributed by atoms with Crippen LogP contribution < -0.4 is 0 Å². The molecule has 0 N–H and O–H groups in total. The van der Waals surface area contributed by atoms with Crippen molar-refractivity contribution in [1.29, 1.82) is 0 Å². The second-order valence-electron chi connectivity index (χ2n) is 3.88. The van der Waals surface area contributed by atoms with E-state index in [9.17, 15) is 0 Å². The summed E-state index contributed by atoms with van der Waals surface area (Å²) >= 11 is 1.57. The molecule has 0 amide bonds. The third-order valence-corrected chi connectivity index (χ3v) is 5.52. The molecule has 0 radical (unpaired) electrons. The van der Waals surface area contributed by atoms with Crippen molar-refractivity contribution in [3.05, 3.63) is 20.0 Å². The summed E-state index contributed by atoms with van der Waals surface area (Å²) < 4.78 is 1.62. The number of allylic oxidation sites excluding steroid dienone is 4. The van der Waals surface area contributed by atoms with Gasteiger partial charge in [0.25, 0.3) is 0 Å². The quantitative estimate of drug-likeness (QED) is 0.473. The molecule has 0 spiro atoms. The van der Waals surface area contributed by atoms with E-state index >= 15 is 0 Å². The van der Waals surface area contributed by atoms with Gasteiger partial charge in [-0.3, -0.25) is 0 Å². The van der Waals surface area contributed by atoms with E-state index in [-0.39, 0.29) is 50.9 Å². The van der Waals surface area contributed by atoms with Crippen molar-refractivity contribution in [2.75, 3.05) is 0 Å². The maximum absolute atomic E-state index is 2.33. The van der Waals surface area contributed by atoms with E-state index in [4.69, 9.17) is 0 Å². The Kier molecular flexibility index (Phi) is 10.9. The average Bonchev–Trinajstić information content (AvgIpc) is 2.06. The van der Waals surface area contributed by atoms with Crippen molar-refractivity contribution in [3.8, 4) is 0 Å². The van der Waals surface area contributed by atoms with Crippen LogP contribution in [0.1, 0.15) is 34.6 Å². The Bertz CT molecular complexity index is 239. The van der Waals surface area contributed by atoms with Crippen LogP contribution in [0.5, 0.6) is 0 Å². The molecular weight excluding hydrogens is 451 g/mol. The molecule has 0 saturated carbocycles. The van der Waals surface area contributed by atoms with E-state index in [2.05, 4.69) is 34.6 Å². The predicted octanol–water partition coefficient (Wildman–Crippen LogP) is 4.92. The fraction of sp³-hybridized carbons (Fsp3) is 0.600. The molecule has 0 fully saturated rings. The number of hydrogen-bond acceptors (Lipinski definition) is 0. The molecule has 14 heavy (non-hydrogen) atoms. The van der Waals surface area contributed by atoms with Crippen molar-refractivity contribution in [1.82, 2.24) is 0 Å². The monoisotopic (exact) mass is 465 g/mol. The first kappa shape index (κ1) is 21.1. The van der Waals surface area contributed by atoms with Crippen LogP contribution >= 0.6 is 50.9 Å². The molecule has 0 atom stereocenters. The van der Waals surface area contributed by atoms with Gasteiger partial charge in [0, 0.05) is 0 Å². The summed E-state index contributed by atoms with van der Waals surface area (Å²) in [5.41, 5.74) is 4.96. The van der Waals surface area contributed by atoms with Crippen molar-refractivity contribution in [2.24, 2.45) is 5.41 Å². The number of halogens is 3. The van der Waals surface area contributed by atoms with E-state index in [0.29, 0.717) is 5.41 Å². The molecule has 0 aliphatic heterocycles. The van der Waals surface area contributed by atoms with Gasteiger partial charge in [0.05, 0.1) is 0 Å². The zero-order chi connectivity index (χ0) is 8.81. The summed E-state index contributed by atoms with van der Waals surface area (Å²) in [4.78, 5) is 0. The molecule has 0 aromatic heterocycles. The van der Waals surface area contributed by atoms with Gasteiger partial charge in [0.2, 0.25) is 0 Å². The van der Waals surface area contributed by atoms with Crippen molar-refractivity contribution < 1.29 is 24.7 Å². The normalized spacial score (nSPS) is 18.3. The standard InChI is InChI=1S/C10H15.3BrH.Zr/c1-7-6-10(4,5)9(3)8(7)2;;;;/h1-5H3;3*1H;. The van der Waals surface area contributed by atoms with Gasteiger partial charge >= 0.3 is 84.8 Å². The summed E-state index contributed by atoms with van der Waals surface area (Å²) in [6.45, 7) is 11.4. The van der Waals surface area contributed by atoms with E-state index in [0.717, 1.165) is 0 Å². The Morgan fingerprint density at radius 3 is 1.29 bits per heavy atom. The second-order valence-corrected chi connectivity index (χ2v) is 5.10. The molecule has 1 aliphatic carbocycles. The van der Waals surface area contributed by atoms with Crippen LogP contribution in [-0.4, -0.2) is 0 Å². The van der Waals surface area contributed by atoms with Crippen LogP contribution in [0, 0.1) is 5.41 Å². The van der Waals surface area contributed by atoms with Crippen LogP contribution in [0.3, 0.4) is 0 Å². The van der Waals surface area contributed by atoms with Gasteiger partial charge in [0.1, 0.15) is 0 Å². The third kappa shape index (κ3) is 3.40. The molecule has 1 rings (SSSR count). The summed E-state index contributed by atoms with van der Waals surface area (Å²) in [7, 11) is 0. The Morgan fingerprint density at radius 2 is 1.21 bits per heavy atom. The van der Waals surface area contributed by atoms with Gasteiger partial charge in [-0.05, 0) is 0 Å². The first-order valence-electron chi connectivity index (χ1n) is 4.00. The van der Waals surface area contributed by atoms with E-state index in [1.54, 1.807) is 33.6 Å². The SMILES string of the molecule is Br.Br.Br.CC1=C(C)C(C)(C)[C]([Zr])=C1C. The summed E-state index contributed by atoms with van der Waals surface area (Å²) in [5, 5.41) is 0. The zero-order valence-electron chi connectivity index (χ0n) is 9.22. The van der Waals surface area contributed by atoms with Gasteiger partial charge in [-0.25, -0.2) is 0 Å². The minimum absolute atomic E-state index is 0. The van der Waals surface area contributed by atoms with Crippen LogP contribution in [0.4, 0.5) is 0 Å². The first-order chi connectivity index (χ1) is 4.89. The molecule has 1 aliphatic rings. The molecule has 0 saturated heterocycles. The fourth-order valence-electron chi connectivity index (χ4n) is 1.59. The van der Waals surface area contributed by atoms with Crippen LogP contribution in [0.2, 0.25) is 0 Å². The van der Waals surface area contributed by atoms with Crippen LogP contribution in [-0.2, 0) is 24.7 Å². The first-order valence-corrected chi connectivity index (χ1v) is 5.23. The minimum atomic E-state index is 0. The summed E-state index contributed by atoms with van der Waals surface area (Å²) in [6, 6.07) is 0. The van der Waals surface area contributed by atoms with Crippen molar-refractivity contribution >= 4 is 50.9 Å².